The third-order valence-electron chi connectivity index (χ3n) is 2.72. The molecule has 1 aromatic rings. The lowest BCUT2D eigenvalue weighted by Gasteiger charge is -2.20. The highest BCUT2D eigenvalue weighted by molar-refractivity contribution is 6.30. The Hall–Kier alpha value is -1.75. The quantitative estimate of drug-likeness (QED) is 0.782. The first-order valence-corrected chi connectivity index (χ1v) is 7.02. The fraction of sp³-hybridized carbons (Fsp3) is 0.467. The Balaban J connectivity index is 2.45. The maximum Gasteiger partial charge on any atom is 0.409 e. The van der Waals surface area contributed by atoms with Crippen LogP contribution in [0.25, 0.3) is 0 Å². The standard InChI is InChI=1S/C15H20ClNO4/c1-10(9-11(2)21-15(19)17(3)4)20-14(18)12-5-7-13(16)8-6-12/h5-8,10-11H,9H2,1-4H3. The maximum atomic E-state index is 11.9. The molecule has 2 atom stereocenters. The Kier molecular flexibility index (Phi) is 6.49. The summed E-state index contributed by atoms with van der Waals surface area (Å²) in [5.41, 5.74) is 0.434. The summed E-state index contributed by atoms with van der Waals surface area (Å²) in [5.74, 6) is -0.426. The second kappa shape index (κ2) is 7.88. The number of halogens is 1. The lowest BCUT2D eigenvalue weighted by atomic mass is 10.2. The predicted molar refractivity (Wildman–Crippen MR) is 80.6 cm³/mol. The number of hydrogen-bond donors (Lipinski definition) is 0. The molecule has 116 valence electrons. The molecule has 0 aliphatic rings. The summed E-state index contributed by atoms with van der Waals surface area (Å²) < 4.78 is 10.5. The minimum atomic E-state index is -0.426. The van der Waals surface area contributed by atoms with Crippen LogP contribution < -0.4 is 0 Å². The molecule has 0 fully saturated rings. The van der Waals surface area contributed by atoms with Gasteiger partial charge in [0.25, 0.3) is 0 Å². The van der Waals surface area contributed by atoms with Crippen molar-refractivity contribution >= 4 is 23.7 Å². The van der Waals surface area contributed by atoms with Crippen molar-refractivity contribution in [2.24, 2.45) is 0 Å². The van der Waals surface area contributed by atoms with E-state index < -0.39 is 12.1 Å². The Bertz CT molecular complexity index is 487. The van der Waals surface area contributed by atoms with Crippen LogP contribution in [0.4, 0.5) is 4.79 Å². The smallest absolute Gasteiger partial charge is 0.409 e. The molecule has 0 saturated heterocycles. The van der Waals surface area contributed by atoms with Gasteiger partial charge in [0.05, 0.1) is 5.56 Å². The molecule has 1 amide bonds. The van der Waals surface area contributed by atoms with Crippen molar-refractivity contribution < 1.29 is 19.1 Å². The number of carbonyl (C=O) groups is 2. The highest BCUT2D eigenvalue weighted by Crippen LogP contribution is 2.13. The summed E-state index contributed by atoms with van der Waals surface area (Å²) in [6, 6.07) is 6.47. The normalized spacial score (nSPS) is 13.2. The zero-order chi connectivity index (χ0) is 16.0. The van der Waals surface area contributed by atoms with Crippen LogP contribution in [0.2, 0.25) is 5.02 Å². The van der Waals surface area contributed by atoms with Gasteiger partial charge >= 0.3 is 12.1 Å². The van der Waals surface area contributed by atoms with Crippen LogP contribution in [0.1, 0.15) is 30.6 Å². The third kappa shape index (κ3) is 6.04. The Morgan fingerprint density at radius 1 is 1.10 bits per heavy atom. The second-order valence-corrected chi connectivity index (χ2v) is 5.48. The van der Waals surface area contributed by atoms with Gasteiger partial charge in [-0.15, -0.1) is 0 Å². The highest BCUT2D eigenvalue weighted by atomic mass is 35.5. The molecule has 0 aromatic heterocycles. The van der Waals surface area contributed by atoms with E-state index in [0.29, 0.717) is 17.0 Å². The van der Waals surface area contributed by atoms with Gasteiger partial charge in [-0.3, -0.25) is 0 Å². The minimum Gasteiger partial charge on any atom is -0.459 e. The van der Waals surface area contributed by atoms with Crippen molar-refractivity contribution in [3.8, 4) is 0 Å². The van der Waals surface area contributed by atoms with Gasteiger partial charge < -0.3 is 14.4 Å². The van der Waals surface area contributed by atoms with Crippen molar-refractivity contribution in [1.82, 2.24) is 4.90 Å². The highest BCUT2D eigenvalue weighted by Gasteiger charge is 2.18. The Labute approximate surface area is 129 Å². The van der Waals surface area contributed by atoms with Crippen molar-refractivity contribution in [2.75, 3.05) is 14.1 Å². The average molecular weight is 314 g/mol. The van der Waals surface area contributed by atoms with E-state index >= 15 is 0 Å². The fourth-order valence-electron chi connectivity index (χ4n) is 1.68. The SMILES string of the molecule is CC(CC(C)OC(=O)N(C)C)OC(=O)c1ccc(Cl)cc1. The number of hydrogen-bond acceptors (Lipinski definition) is 4. The number of carbonyl (C=O) groups excluding carboxylic acids is 2. The molecule has 0 N–H and O–H groups in total. The average Bonchev–Trinajstić information content (AvgIpc) is 2.38. The number of esters is 1. The number of ether oxygens (including phenoxy) is 2. The lowest BCUT2D eigenvalue weighted by Crippen LogP contribution is -2.29. The summed E-state index contributed by atoms with van der Waals surface area (Å²) >= 11 is 5.76. The van der Waals surface area contributed by atoms with Crippen molar-refractivity contribution in [3.05, 3.63) is 34.9 Å². The first kappa shape index (κ1) is 17.3. The van der Waals surface area contributed by atoms with Gasteiger partial charge in [0.2, 0.25) is 0 Å². The van der Waals surface area contributed by atoms with Gasteiger partial charge in [-0.2, -0.15) is 0 Å². The van der Waals surface area contributed by atoms with Crippen LogP contribution in [0.15, 0.2) is 24.3 Å². The molecule has 1 aromatic carbocycles. The molecular weight excluding hydrogens is 294 g/mol. The summed E-state index contributed by atoms with van der Waals surface area (Å²) in [7, 11) is 3.22. The number of nitrogens with zero attached hydrogens (tertiary/aromatic N) is 1. The van der Waals surface area contributed by atoms with Gasteiger partial charge in [-0.1, -0.05) is 11.6 Å². The van der Waals surface area contributed by atoms with Gasteiger partial charge in [-0.05, 0) is 38.1 Å². The van der Waals surface area contributed by atoms with Crippen LogP contribution >= 0.6 is 11.6 Å². The Morgan fingerprint density at radius 3 is 2.14 bits per heavy atom. The van der Waals surface area contributed by atoms with Crippen molar-refractivity contribution in [1.29, 1.82) is 0 Å². The van der Waals surface area contributed by atoms with Gasteiger partial charge in [-0.25, -0.2) is 9.59 Å². The van der Waals surface area contributed by atoms with E-state index in [1.165, 1.54) is 4.90 Å². The van der Waals surface area contributed by atoms with Crippen LogP contribution in [0, 0.1) is 0 Å². The maximum absolute atomic E-state index is 11.9. The number of rotatable bonds is 5. The molecule has 1 rings (SSSR count). The van der Waals surface area contributed by atoms with Crippen molar-refractivity contribution in [2.45, 2.75) is 32.5 Å². The van der Waals surface area contributed by atoms with E-state index in [0.717, 1.165) is 0 Å². The van der Waals surface area contributed by atoms with E-state index in [4.69, 9.17) is 21.1 Å². The lowest BCUT2D eigenvalue weighted by molar-refractivity contribution is 0.0157. The fourth-order valence-corrected chi connectivity index (χ4v) is 1.80. The number of benzene rings is 1. The summed E-state index contributed by atoms with van der Waals surface area (Å²) in [6.07, 6.45) is -0.691. The van der Waals surface area contributed by atoms with Crippen LogP contribution in [0.3, 0.4) is 0 Å². The molecule has 0 bridgehead atoms. The van der Waals surface area contributed by atoms with Gasteiger partial charge in [0.1, 0.15) is 12.2 Å². The topological polar surface area (TPSA) is 55.8 Å². The van der Waals surface area contributed by atoms with E-state index in [1.807, 2.05) is 0 Å². The number of amides is 1. The summed E-state index contributed by atoms with van der Waals surface area (Å²) in [5, 5.41) is 0.559. The van der Waals surface area contributed by atoms with Crippen LogP contribution in [0.5, 0.6) is 0 Å². The van der Waals surface area contributed by atoms with E-state index in [-0.39, 0.29) is 12.2 Å². The molecule has 0 radical (unpaired) electrons. The molecular formula is C15H20ClNO4. The van der Waals surface area contributed by atoms with Crippen LogP contribution in [-0.4, -0.2) is 43.3 Å². The molecule has 6 heteroatoms. The molecule has 0 saturated carbocycles. The molecule has 5 nitrogen and oxygen atoms in total. The van der Waals surface area contributed by atoms with Gasteiger partial charge in [0.15, 0.2) is 0 Å². The second-order valence-electron chi connectivity index (χ2n) is 5.05. The first-order valence-electron chi connectivity index (χ1n) is 6.64. The van der Waals surface area contributed by atoms with E-state index in [9.17, 15) is 9.59 Å². The zero-order valence-electron chi connectivity index (χ0n) is 12.6. The molecule has 0 heterocycles. The summed E-state index contributed by atoms with van der Waals surface area (Å²) in [4.78, 5) is 24.6. The molecule has 0 spiro atoms. The summed E-state index contributed by atoms with van der Waals surface area (Å²) in [6.45, 7) is 3.52. The molecule has 2 unspecified atom stereocenters. The predicted octanol–water partition coefficient (Wildman–Crippen LogP) is 3.36. The first-order chi connectivity index (χ1) is 9.79. The minimum absolute atomic E-state index is 0.340. The largest absolute Gasteiger partial charge is 0.459 e. The zero-order valence-corrected chi connectivity index (χ0v) is 13.4. The molecule has 0 aliphatic heterocycles. The monoisotopic (exact) mass is 313 g/mol. The molecule has 0 aliphatic carbocycles. The van der Waals surface area contributed by atoms with Crippen LogP contribution in [-0.2, 0) is 9.47 Å². The van der Waals surface area contributed by atoms with E-state index in [1.54, 1.807) is 52.2 Å². The van der Waals surface area contributed by atoms with E-state index in [2.05, 4.69) is 0 Å². The molecule has 21 heavy (non-hydrogen) atoms. The van der Waals surface area contributed by atoms with Crippen molar-refractivity contribution in [3.63, 3.8) is 0 Å². The third-order valence-corrected chi connectivity index (χ3v) is 2.97. The Morgan fingerprint density at radius 2 is 1.62 bits per heavy atom. The van der Waals surface area contributed by atoms with Gasteiger partial charge in [0, 0.05) is 25.5 Å².